The van der Waals surface area contributed by atoms with Crippen molar-refractivity contribution in [3.8, 4) is 11.4 Å². The highest BCUT2D eigenvalue weighted by molar-refractivity contribution is 5.74. The lowest BCUT2D eigenvalue weighted by Crippen LogP contribution is -2.03. The molecule has 5 nitrogen and oxygen atoms in total. The molecule has 5 heteroatoms. The number of tetrazole rings is 1. The average molecular weight is 229 g/mol. The summed E-state index contributed by atoms with van der Waals surface area (Å²) in [5, 5.41) is 12.0. The van der Waals surface area contributed by atoms with E-state index in [-0.39, 0.29) is 0 Å². The molecule has 3 rings (SSSR count). The Kier molecular flexibility index (Phi) is 2.14. The van der Waals surface area contributed by atoms with Gasteiger partial charge in [0.15, 0.2) is 5.82 Å². The zero-order valence-corrected chi connectivity index (χ0v) is 9.96. The summed E-state index contributed by atoms with van der Waals surface area (Å²) in [7, 11) is 0. The average Bonchev–Trinajstić information content (AvgIpc) is 2.86. The molecule has 17 heavy (non-hydrogen) atoms. The van der Waals surface area contributed by atoms with Crippen LogP contribution in [0, 0.1) is 12.8 Å². The number of anilines is 1. The van der Waals surface area contributed by atoms with Crippen molar-refractivity contribution in [2.75, 3.05) is 5.73 Å². The molecule has 0 amide bonds. The monoisotopic (exact) mass is 229 g/mol. The molecule has 0 aliphatic heterocycles. The van der Waals surface area contributed by atoms with Gasteiger partial charge in [0, 0.05) is 11.3 Å². The van der Waals surface area contributed by atoms with Crippen molar-refractivity contribution in [3.63, 3.8) is 0 Å². The molecule has 2 atom stereocenters. The van der Waals surface area contributed by atoms with E-state index in [0.29, 0.717) is 12.0 Å². The normalized spacial score (nSPS) is 22.7. The minimum Gasteiger partial charge on any atom is -0.398 e. The van der Waals surface area contributed by atoms with Crippen molar-refractivity contribution in [3.05, 3.63) is 23.8 Å². The van der Waals surface area contributed by atoms with Crippen LogP contribution in [0.4, 0.5) is 5.69 Å². The number of nitrogens with zero attached hydrogens (tertiary/aromatic N) is 4. The number of nitrogens with two attached hydrogens (primary N) is 1. The van der Waals surface area contributed by atoms with E-state index >= 15 is 0 Å². The van der Waals surface area contributed by atoms with E-state index in [1.54, 1.807) is 0 Å². The van der Waals surface area contributed by atoms with Crippen LogP contribution >= 0.6 is 0 Å². The molecule has 0 radical (unpaired) electrons. The predicted octanol–water partition coefficient (Wildman–Crippen LogP) is 1.81. The van der Waals surface area contributed by atoms with Gasteiger partial charge in [-0.1, -0.05) is 19.1 Å². The zero-order valence-electron chi connectivity index (χ0n) is 9.96. The Morgan fingerprint density at radius 1 is 1.41 bits per heavy atom. The first-order chi connectivity index (χ1) is 8.18. The minimum atomic E-state index is 0.430. The zero-order chi connectivity index (χ0) is 12.0. The second-order valence-corrected chi connectivity index (χ2v) is 4.76. The lowest BCUT2D eigenvalue weighted by molar-refractivity contribution is 0.584. The molecule has 0 saturated heterocycles. The van der Waals surface area contributed by atoms with Gasteiger partial charge in [-0.15, -0.1) is 5.10 Å². The quantitative estimate of drug-likeness (QED) is 0.797. The summed E-state index contributed by atoms with van der Waals surface area (Å²) in [5.74, 6) is 1.43. The number of nitrogen functional groups attached to an aromatic ring is 1. The van der Waals surface area contributed by atoms with Gasteiger partial charge in [-0.2, -0.15) is 0 Å². The van der Waals surface area contributed by atoms with E-state index < -0.39 is 0 Å². The molecule has 1 aromatic heterocycles. The first-order valence-electron chi connectivity index (χ1n) is 5.82. The Morgan fingerprint density at radius 3 is 2.88 bits per heavy atom. The molecule has 2 N–H and O–H groups in total. The van der Waals surface area contributed by atoms with Gasteiger partial charge >= 0.3 is 0 Å². The molecule has 0 spiro atoms. The molecular formula is C12H15N5. The van der Waals surface area contributed by atoms with Crippen LogP contribution in [0.3, 0.4) is 0 Å². The third-order valence-corrected chi connectivity index (χ3v) is 3.44. The summed E-state index contributed by atoms with van der Waals surface area (Å²) in [6.45, 7) is 4.20. The number of hydrogen-bond acceptors (Lipinski definition) is 4. The molecule has 1 aliphatic carbocycles. The molecule has 1 saturated carbocycles. The Hall–Kier alpha value is -1.91. The van der Waals surface area contributed by atoms with Crippen LogP contribution in [-0.2, 0) is 0 Å². The van der Waals surface area contributed by atoms with Gasteiger partial charge < -0.3 is 5.73 Å². The summed E-state index contributed by atoms with van der Waals surface area (Å²) >= 11 is 0. The molecule has 2 aromatic rings. The first-order valence-corrected chi connectivity index (χ1v) is 5.82. The fraction of sp³-hybridized carbons (Fsp3) is 0.417. The number of aryl methyl sites for hydroxylation is 1. The first kappa shape index (κ1) is 10.3. The second kappa shape index (κ2) is 3.55. The summed E-state index contributed by atoms with van der Waals surface area (Å²) in [6.07, 6.45) is 1.14. The van der Waals surface area contributed by atoms with Gasteiger partial charge in [0.25, 0.3) is 0 Å². The van der Waals surface area contributed by atoms with Gasteiger partial charge in [-0.25, -0.2) is 4.68 Å². The number of aromatic nitrogens is 4. The smallest absolute Gasteiger partial charge is 0.184 e. The largest absolute Gasteiger partial charge is 0.398 e. The van der Waals surface area contributed by atoms with E-state index in [1.807, 2.05) is 29.8 Å². The third kappa shape index (κ3) is 1.58. The number of benzene rings is 1. The van der Waals surface area contributed by atoms with Crippen molar-refractivity contribution >= 4 is 5.69 Å². The van der Waals surface area contributed by atoms with E-state index in [9.17, 15) is 0 Å². The Balaban J connectivity index is 2.10. The standard InChI is InChI=1S/C12H15N5/c1-7-4-3-5-9(11(7)13)12-14-15-16-17(12)10-6-8(10)2/h3-5,8,10H,6,13H2,1-2H3/t8-,10-/m0/s1. The fourth-order valence-corrected chi connectivity index (χ4v) is 2.11. The van der Waals surface area contributed by atoms with E-state index in [0.717, 1.165) is 29.1 Å². The topological polar surface area (TPSA) is 69.6 Å². The predicted molar refractivity (Wildman–Crippen MR) is 65.2 cm³/mol. The maximum atomic E-state index is 6.09. The van der Waals surface area contributed by atoms with Gasteiger partial charge in [-0.3, -0.25) is 0 Å². The highest BCUT2D eigenvalue weighted by atomic mass is 15.6. The van der Waals surface area contributed by atoms with E-state index in [4.69, 9.17) is 5.73 Å². The summed E-state index contributed by atoms with van der Waals surface area (Å²) in [6, 6.07) is 6.38. The number of rotatable bonds is 2. The van der Waals surface area contributed by atoms with Crippen molar-refractivity contribution < 1.29 is 0 Å². The van der Waals surface area contributed by atoms with Crippen LogP contribution in [0.2, 0.25) is 0 Å². The molecule has 1 heterocycles. The van der Waals surface area contributed by atoms with Crippen molar-refractivity contribution in [1.82, 2.24) is 20.2 Å². The highest BCUT2D eigenvalue weighted by Crippen LogP contribution is 2.44. The van der Waals surface area contributed by atoms with Gasteiger partial charge in [0.05, 0.1) is 6.04 Å². The lowest BCUT2D eigenvalue weighted by Gasteiger charge is -2.08. The Labute approximate surface area is 99.6 Å². The summed E-state index contributed by atoms with van der Waals surface area (Å²) < 4.78 is 1.90. The third-order valence-electron chi connectivity index (χ3n) is 3.44. The molecule has 0 bridgehead atoms. The second-order valence-electron chi connectivity index (χ2n) is 4.76. The van der Waals surface area contributed by atoms with Crippen LogP contribution in [0.25, 0.3) is 11.4 Å². The van der Waals surface area contributed by atoms with Gasteiger partial charge in [0.2, 0.25) is 0 Å². The minimum absolute atomic E-state index is 0.430. The van der Waals surface area contributed by atoms with Crippen LogP contribution in [0.5, 0.6) is 0 Å². The van der Waals surface area contributed by atoms with Crippen molar-refractivity contribution in [2.45, 2.75) is 26.3 Å². The lowest BCUT2D eigenvalue weighted by atomic mass is 10.1. The highest BCUT2D eigenvalue weighted by Gasteiger charge is 2.37. The van der Waals surface area contributed by atoms with Crippen molar-refractivity contribution in [1.29, 1.82) is 0 Å². The fourth-order valence-electron chi connectivity index (χ4n) is 2.11. The molecule has 88 valence electrons. The van der Waals surface area contributed by atoms with E-state index in [2.05, 4.69) is 22.4 Å². The number of para-hydroxylation sites is 1. The van der Waals surface area contributed by atoms with E-state index in [1.165, 1.54) is 0 Å². The van der Waals surface area contributed by atoms with Crippen LogP contribution < -0.4 is 5.73 Å². The molecule has 1 aromatic carbocycles. The molecule has 0 unspecified atom stereocenters. The Morgan fingerprint density at radius 2 is 2.18 bits per heavy atom. The Bertz CT molecular complexity index is 560. The maximum absolute atomic E-state index is 6.09. The maximum Gasteiger partial charge on any atom is 0.184 e. The van der Waals surface area contributed by atoms with Crippen LogP contribution in [0.1, 0.15) is 24.9 Å². The molecule has 1 aliphatic rings. The van der Waals surface area contributed by atoms with Crippen molar-refractivity contribution in [2.24, 2.45) is 5.92 Å². The number of hydrogen-bond donors (Lipinski definition) is 1. The molecular weight excluding hydrogens is 214 g/mol. The SMILES string of the molecule is Cc1cccc(-c2nnnn2[C@H]2C[C@@H]2C)c1N. The van der Waals surface area contributed by atoms with Crippen LogP contribution in [0.15, 0.2) is 18.2 Å². The van der Waals surface area contributed by atoms with Gasteiger partial charge in [-0.05, 0) is 41.3 Å². The van der Waals surface area contributed by atoms with Gasteiger partial charge in [0.1, 0.15) is 0 Å². The molecule has 1 fully saturated rings. The summed E-state index contributed by atoms with van der Waals surface area (Å²) in [4.78, 5) is 0. The van der Waals surface area contributed by atoms with Crippen LogP contribution in [-0.4, -0.2) is 20.2 Å². The summed E-state index contributed by atoms with van der Waals surface area (Å²) in [5.41, 5.74) is 8.83.